The highest BCUT2D eigenvalue weighted by atomic mass is 16.5. The van der Waals surface area contributed by atoms with Crippen LogP contribution in [0.1, 0.15) is 5.56 Å². The summed E-state index contributed by atoms with van der Waals surface area (Å²) in [6.45, 7) is 0.633. The zero-order valence-electron chi connectivity index (χ0n) is 9.77. The molecule has 0 atom stereocenters. The second-order valence-electron chi connectivity index (χ2n) is 3.85. The van der Waals surface area contributed by atoms with Crippen molar-refractivity contribution in [2.24, 2.45) is 0 Å². The summed E-state index contributed by atoms with van der Waals surface area (Å²) in [6, 6.07) is 14.2. The summed E-state index contributed by atoms with van der Waals surface area (Å²) >= 11 is 0. The van der Waals surface area contributed by atoms with Gasteiger partial charge in [-0.25, -0.2) is 0 Å². The maximum Gasteiger partial charge on any atom is 0.246 e. The molecule has 0 aliphatic heterocycles. The molecule has 0 unspecified atom stereocenters. The highest BCUT2D eigenvalue weighted by molar-refractivity contribution is 5.86. The molecule has 0 heterocycles. The fraction of sp³-hybridized carbons (Fsp3) is 0.214. The van der Waals surface area contributed by atoms with Gasteiger partial charge in [-0.1, -0.05) is 42.5 Å². The molecule has 2 aromatic rings. The van der Waals surface area contributed by atoms with Gasteiger partial charge in [-0.2, -0.15) is 0 Å². The maximum absolute atomic E-state index is 11.3. The summed E-state index contributed by atoms with van der Waals surface area (Å²) in [7, 11) is 1.51. The van der Waals surface area contributed by atoms with Crippen molar-refractivity contribution >= 4 is 16.7 Å². The highest BCUT2D eigenvalue weighted by Crippen LogP contribution is 2.17. The molecule has 17 heavy (non-hydrogen) atoms. The van der Waals surface area contributed by atoms with E-state index in [4.69, 9.17) is 4.74 Å². The normalized spacial score (nSPS) is 10.4. The molecule has 3 nitrogen and oxygen atoms in total. The standard InChI is InChI=1S/C14H15NO2/c1-17-10-14(16)15-9-12-7-4-6-11-5-2-3-8-13(11)12/h2-8H,9-10H2,1H3,(H,15,16). The van der Waals surface area contributed by atoms with Crippen LogP contribution in [0.15, 0.2) is 42.5 Å². The Balaban J connectivity index is 2.16. The Morgan fingerprint density at radius 1 is 1.18 bits per heavy atom. The molecule has 0 saturated heterocycles. The number of amides is 1. The van der Waals surface area contributed by atoms with Crippen LogP contribution in [0.2, 0.25) is 0 Å². The lowest BCUT2D eigenvalue weighted by Crippen LogP contribution is -2.26. The summed E-state index contributed by atoms with van der Waals surface area (Å²) in [6.07, 6.45) is 0. The van der Waals surface area contributed by atoms with Crippen molar-refractivity contribution in [3.63, 3.8) is 0 Å². The molecule has 0 spiro atoms. The zero-order chi connectivity index (χ0) is 12.1. The third-order valence-electron chi connectivity index (χ3n) is 2.63. The van der Waals surface area contributed by atoms with Crippen molar-refractivity contribution in [1.29, 1.82) is 0 Å². The van der Waals surface area contributed by atoms with E-state index in [1.807, 2.05) is 24.3 Å². The number of methoxy groups -OCH3 is 1. The van der Waals surface area contributed by atoms with Crippen molar-refractivity contribution in [3.05, 3.63) is 48.0 Å². The Morgan fingerprint density at radius 3 is 2.76 bits per heavy atom. The van der Waals surface area contributed by atoms with E-state index in [2.05, 4.69) is 23.5 Å². The van der Waals surface area contributed by atoms with Gasteiger partial charge in [0, 0.05) is 13.7 Å². The number of hydrogen-bond acceptors (Lipinski definition) is 2. The molecular weight excluding hydrogens is 214 g/mol. The molecule has 0 saturated carbocycles. The second kappa shape index (κ2) is 5.46. The third kappa shape index (κ3) is 2.82. The molecule has 2 aromatic carbocycles. The van der Waals surface area contributed by atoms with E-state index in [-0.39, 0.29) is 12.5 Å². The Kier molecular flexibility index (Phi) is 3.73. The number of nitrogens with one attached hydrogen (secondary N) is 1. The third-order valence-corrected chi connectivity index (χ3v) is 2.63. The molecule has 0 aromatic heterocycles. The second-order valence-corrected chi connectivity index (χ2v) is 3.85. The van der Waals surface area contributed by atoms with Crippen molar-refractivity contribution in [3.8, 4) is 0 Å². The minimum absolute atomic E-state index is 0.0968. The monoisotopic (exact) mass is 229 g/mol. The zero-order valence-corrected chi connectivity index (χ0v) is 9.77. The number of hydrogen-bond donors (Lipinski definition) is 1. The summed E-state index contributed by atoms with van der Waals surface area (Å²) in [5.41, 5.74) is 1.12. The lowest BCUT2D eigenvalue weighted by molar-refractivity contribution is -0.124. The smallest absolute Gasteiger partial charge is 0.246 e. The Hall–Kier alpha value is -1.87. The summed E-state index contributed by atoms with van der Waals surface area (Å²) in [5, 5.41) is 5.19. The van der Waals surface area contributed by atoms with Crippen LogP contribution in [0.25, 0.3) is 10.8 Å². The van der Waals surface area contributed by atoms with Crippen LogP contribution >= 0.6 is 0 Å². The first-order chi connectivity index (χ1) is 8.31. The minimum Gasteiger partial charge on any atom is -0.375 e. The van der Waals surface area contributed by atoms with Gasteiger partial charge in [-0.3, -0.25) is 4.79 Å². The number of fused-ring (bicyclic) bond motifs is 1. The van der Waals surface area contributed by atoms with Gasteiger partial charge in [0.2, 0.25) is 5.91 Å². The lowest BCUT2D eigenvalue weighted by Gasteiger charge is -2.08. The van der Waals surface area contributed by atoms with Gasteiger partial charge in [0.05, 0.1) is 0 Å². The largest absolute Gasteiger partial charge is 0.375 e. The quantitative estimate of drug-likeness (QED) is 0.872. The Morgan fingerprint density at radius 2 is 1.94 bits per heavy atom. The van der Waals surface area contributed by atoms with E-state index in [1.165, 1.54) is 17.9 Å². The first-order valence-electron chi connectivity index (χ1n) is 5.53. The van der Waals surface area contributed by atoms with E-state index in [0.29, 0.717) is 6.54 Å². The predicted octanol–water partition coefficient (Wildman–Crippen LogP) is 2.10. The summed E-state index contributed by atoms with van der Waals surface area (Å²) in [4.78, 5) is 11.3. The number of ether oxygens (including phenoxy) is 1. The first-order valence-corrected chi connectivity index (χ1v) is 5.53. The lowest BCUT2D eigenvalue weighted by atomic mass is 10.0. The van der Waals surface area contributed by atoms with E-state index in [9.17, 15) is 4.79 Å². The van der Waals surface area contributed by atoms with Crippen LogP contribution in [-0.4, -0.2) is 19.6 Å². The molecule has 0 aliphatic carbocycles. The fourth-order valence-corrected chi connectivity index (χ4v) is 1.82. The fourth-order valence-electron chi connectivity index (χ4n) is 1.82. The van der Waals surface area contributed by atoms with Crippen LogP contribution in [0.3, 0.4) is 0 Å². The van der Waals surface area contributed by atoms with Gasteiger partial charge in [-0.15, -0.1) is 0 Å². The van der Waals surface area contributed by atoms with Crippen LogP contribution in [0.5, 0.6) is 0 Å². The maximum atomic E-state index is 11.3. The van der Waals surface area contributed by atoms with Gasteiger partial charge >= 0.3 is 0 Å². The molecule has 1 amide bonds. The van der Waals surface area contributed by atoms with E-state index < -0.39 is 0 Å². The molecular formula is C14H15NO2. The number of rotatable bonds is 4. The molecule has 0 radical (unpaired) electrons. The average Bonchev–Trinajstić information content (AvgIpc) is 2.36. The van der Waals surface area contributed by atoms with E-state index in [0.717, 1.165) is 5.56 Å². The average molecular weight is 229 g/mol. The molecule has 0 aliphatic rings. The molecule has 0 bridgehead atoms. The van der Waals surface area contributed by atoms with Crippen LogP contribution in [0.4, 0.5) is 0 Å². The van der Waals surface area contributed by atoms with Crippen LogP contribution in [-0.2, 0) is 16.1 Å². The van der Waals surface area contributed by atoms with Gasteiger partial charge in [0.25, 0.3) is 0 Å². The predicted molar refractivity (Wildman–Crippen MR) is 67.7 cm³/mol. The number of carbonyl (C=O) groups excluding carboxylic acids is 1. The molecule has 1 N–H and O–H groups in total. The van der Waals surface area contributed by atoms with Gasteiger partial charge in [0.15, 0.2) is 0 Å². The van der Waals surface area contributed by atoms with Crippen LogP contribution in [0, 0.1) is 0 Å². The molecule has 88 valence electrons. The SMILES string of the molecule is COCC(=O)NCc1cccc2ccccc12. The summed E-state index contributed by atoms with van der Waals surface area (Å²) in [5.74, 6) is -0.0968. The summed E-state index contributed by atoms with van der Waals surface area (Å²) < 4.78 is 4.77. The van der Waals surface area contributed by atoms with Crippen molar-refractivity contribution in [2.75, 3.05) is 13.7 Å². The number of carbonyl (C=O) groups is 1. The Labute approximate surface area is 100 Å². The highest BCUT2D eigenvalue weighted by Gasteiger charge is 2.02. The van der Waals surface area contributed by atoms with E-state index in [1.54, 1.807) is 0 Å². The minimum atomic E-state index is -0.0968. The molecule has 2 rings (SSSR count). The topological polar surface area (TPSA) is 38.3 Å². The van der Waals surface area contributed by atoms with Gasteiger partial charge in [0.1, 0.15) is 6.61 Å². The number of benzene rings is 2. The Bertz CT molecular complexity index is 517. The van der Waals surface area contributed by atoms with Crippen molar-refractivity contribution < 1.29 is 9.53 Å². The molecule has 0 fully saturated rings. The van der Waals surface area contributed by atoms with Gasteiger partial charge < -0.3 is 10.1 Å². The van der Waals surface area contributed by atoms with Crippen molar-refractivity contribution in [2.45, 2.75) is 6.54 Å². The molecule has 3 heteroatoms. The van der Waals surface area contributed by atoms with Crippen LogP contribution < -0.4 is 5.32 Å². The van der Waals surface area contributed by atoms with Gasteiger partial charge in [-0.05, 0) is 16.3 Å². The van der Waals surface area contributed by atoms with E-state index >= 15 is 0 Å². The first kappa shape index (κ1) is 11.6. The van der Waals surface area contributed by atoms with Crippen molar-refractivity contribution in [1.82, 2.24) is 5.32 Å².